The van der Waals surface area contributed by atoms with Gasteiger partial charge in [0.05, 0.1) is 5.56 Å². The second-order valence-electron chi connectivity index (χ2n) is 6.08. The first-order chi connectivity index (χ1) is 12.0. The second-order valence-corrected chi connectivity index (χ2v) is 6.08. The van der Waals surface area contributed by atoms with Gasteiger partial charge in [-0.15, -0.1) is 0 Å². The minimum Gasteiger partial charge on any atom is -0.478 e. The number of carbonyl (C=O) groups is 1. The third-order valence-corrected chi connectivity index (χ3v) is 3.99. The number of nitrogens with two attached hydrogens (primary N) is 1. The molecule has 4 rings (SSSR count). The van der Waals surface area contributed by atoms with E-state index in [2.05, 4.69) is 15.2 Å². The number of rotatable bonds is 3. The van der Waals surface area contributed by atoms with E-state index in [4.69, 9.17) is 10.8 Å². The lowest BCUT2D eigenvalue weighted by atomic mass is 9.97. The predicted molar refractivity (Wildman–Crippen MR) is 96.2 cm³/mol. The van der Waals surface area contributed by atoms with Gasteiger partial charge in [-0.3, -0.25) is 5.10 Å². The van der Waals surface area contributed by atoms with Gasteiger partial charge in [-0.1, -0.05) is 30.3 Å². The average molecular weight is 336 g/mol. The Morgan fingerprint density at radius 2 is 1.80 bits per heavy atom. The number of H-pyrrole nitrogens is 1. The third kappa shape index (κ3) is 4.30. The van der Waals surface area contributed by atoms with Gasteiger partial charge in [0.1, 0.15) is 6.33 Å². The van der Waals surface area contributed by atoms with Crippen molar-refractivity contribution in [1.82, 2.24) is 15.2 Å². The van der Waals surface area contributed by atoms with E-state index in [0.29, 0.717) is 11.9 Å². The molecule has 1 saturated carbocycles. The number of aromatic carboxylic acids is 1. The van der Waals surface area contributed by atoms with Gasteiger partial charge in [0.2, 0.25) is 0 Å². The Bertz CT molecular complexity index is 854. The van der Waals surface area contributed by atoms with Crippen LogP contribution in [-0.4, -0.2) is 32.3 Å². The summed E-state index contributed by atoms with van der Waals surface area (Å²) in [5.41, 5.74) is 9.36. The van der Waals surface area contributed by atoms with Crippen LogP contribution in [0, 0.1) is 6.92 Å². The van der Waals surface area contributed by atoms with Gasteiger partial charge in [-0.2, -0.15) is 5.10 Å². The first-order valence-corrected chi connectivity index (χ1v) is 8.10. The van der Waals surface area contributed by atoms with Crippen molar-refractivity contribution < 1.29 is 9.90 Å². The summed E-state index contributed by atoms with van der Waals surface area (Å²) < 4.78 is 0. The topological polar surface area (TPSA) is 105 Å². The average Bonchev–Trinajstić information content (AvgIpc) is 3.21. The van der Waals surface area contributed by atoms with Crippen LogP contribution in [0.2, 0.25) is 0 Å². The fraction of sp³-hybridized carbons (Fsp3) is 0.211. The van der Waals surface area contributed by atoms with Crippen LogP contribution in [0.5, 0.6) is 0 Å². The molecule has 0 bridgehead atoms. The molecule has 0 unspecified atom stereocenters. The molecule has 0 saturated heterocycles. The molecule has 6 nitrogen and oxygen atoms in total. The Balaban J connectivity index is 0.000000401. The summed E-state index contributed by atoms with van der Waals surface area (Å²) in [5, 5.41) is 15.7. The first-order valence-electron chi connectivity index (χ1n) is 8.10. The normalized spacial score (nSPS) is 13.0. The van der Waals surface area contributed by atoms with E-state index in [0.717, 1.165) is 22.3 Å². The molecule has 25 heavy (non-hydrogen) atoms. The van der Waals surface area contributed by atoms with Crippen molar-refractivity contribution in [2.45, 2.75) is 25.8 Å². The largest absolute Gasteiger partial charge is 0.478 e. The SMILES string of the molecule is Cc1ccc(C(=O)O)cc1-c1ccc(-c2ncn[nH]2)cc1.NC1CC1. The van der Waals surface area contributed by atoms with Crippen LogP contribution in [0.3, 0.4) is 0 Å². The highest BCUT2D eigenvalue weighted by atomic mass is 16.4. The number of benzene rings is 2. The Kier molecular flexibility index (Phi) is 4.90. The Hall–Kier alpha value is -2.99. The molecule has 128 valence electrons. The summed E-state index contributed by atoms with van der Waals surface area (Å²) in [5.74, 6) is -0.216. The molecule has 6 heteroatoms. The predicted octanol–water partition coefficient (Wildman–Crippen LogP) is 3.25. The standard InChI is InChI=1S/C16H13N3O2.C3H7N/c1-10-2-3-13(16(20)21)8-14(10)11-4-6-12(7-5-11)15-17-9-18-19-15;4-3-1-2-3/h2-9H,1H3,(H,20,21)(H,17,18,19);3H,1-2,4H2. The van der Waals surface area contributed by atoms with E-state index >= 15 is 0 Å². The molecular formula is C19H20N4O2. The van der Waals surface area contributed by atoms with Crippen LogP contribution >= 0.6 is 0 Å². The first kappa shape index (κ1) is 16.9. The van der Waals surface area contributed by atoms with Gasteiger partial charge in [0, 0.05) is 11.6 Å². The molecule has 1 heterocycles. The summed E-state index contributed by atoms with van der Waals surface area (Å²) in [4.78, 5) is 15.2. The van der Waals surface area contributed by atoms with Crippen LogP contribution in [0.15, 0.2) is 48.8 Å². The summed E-state index contributed by atoms with van der Waals surface area (Å²) >= 11 is 0. The van der Waals surface area contributed by atoms with Gasteiger partial charge in [0.15, 0.2) is 5.82 Å². The van der Waals surface area contributed by atoms with E-state index in [-0.39, 0.29) is 5.56 Å². The maximum atomic E-state index is 11.1. The molecule has 3 aromatic rings. The molecule has 0 spiro atoms. The highest BCUT2D eigenvalue weighted by Gasteiger charge is 2.13. The minimum atomic E-state index is -0.922. The number of carboxylic acids is 1. The van der Waals surface area contributed by atoms with E-state index in [1.165, 1.54) is 19.2 Å². The van der Waals surface area contributed by atoms with Gasteiger partial charge in [-0.25, -0.2) is 9.78 Å². The molecular weight excluding hydrogens is 316 g/mol. The molecule has 0 amide bonds. The zero-order chi connectivity index (χ0) is 17.8. The molecule has 4 N–H and O–H groups in total. The monoisotopic (exact) mass is 336 g/mol. The van der Waals surface area contributed by atoms with Crippen molar-refractivity contribution in [2.24, 2.45) is 5.73 Å². The van der Waals surface area contributed by atoms with Crippen LogP contribution in [0.4, 0.5) is 0 Å². The van der Waals surface area contributed by atoms with Gasteiger partial charge >= 0.3 is 5.97 Å². The highest BCUT2D eigenvalue weighted by Crippen LogP contribution is 2.26. The van der Waals surface area contributed by atoms with Crippen LogP contribution in [0.25, 0.3) is 22.5 Å². The van der Waals surface area contributed by atoms with E-state index in [1.54, 1.807) is 12.1 Å². The van der Waals surface area contributed by atoms with E-state index < -0.39 is 5.97 Å². The number of aryl methyl sites for hydroxylation is 1. The zero-order valence-corrected chi connectivity index (χ0v) is 13.9. The lowest BCUT2D eigenvalue weighted by molar-refractivity contribution is 0.0697. The van der Waals surface area contributed by atoms with Crippen molar-refractivity contribution >= 4 is 5.97 Å². The molecule has 0 atom stereocenters. The maximum Gasteiger partial charge on any atom is 0.335 e. The fourth-order valence-electron chi connectivity index (χ4n) is 2.31. The molecule has 2 aromatic carbocycles. The maximum absolute atomic E-state index is 11.1. The summed E-state index contributed by atoms with van der Waals surface area (Å²) in [6.45, 7) is 1.96. The van der Waals surface area contributed by atoms with Gasteiger partial charge < -0.3 is 10.8 Å². The van der Waals surface area contributed by atoms with Crippen molar-refractivity contribution in [2.75, 3.05) is 0 Å². The van der Waals surface area contributed by atoms with Crippen LogP contribution in [0.1, 0.15) is 28.8 Å². The molecule has 1 fully saturated rings. The number of carboxylic acid groups (broad SMARTS) is 1. The second kappa shape index (κ2) is 7.27. The molecule has 1 aromatic heterocycles. The third-order valence-electron chi connectivity index (χ3n) is 3.99. The summed E-state index contributed by atoms with van der Waals surface area (Å²) in [6, 6.07) is 13.5. The number of aromatic nitrogens is 3. The molecule has 1 aliphatic rings. The van der Waals surface area contributed by atoms with Gasteiger partial charge in [-0.05, 0) is 48.6 Å². The summed E-state index contributed by atoms with van der Waals surface area (Å²) in [7, 11) is 0. The van der Waals surface area contributed by atoms with E-state index in [1.807, 2.05) is 37.3 Å². The molecule has 1 aliphatic carbocycles. The van der Waals surface area contributed by atoms with Crippen molar-refractivity contribution in [3.63, 3.8) is 0 Å². The molecule has 0 radical (unpaired) electrons. The lowest BCUT2D eigenvalue weighted by Gasteiger charge is -2.08. The van der Waals surface area contributed by atoms with Crippen molar-refractivity contribution in [1.29, 1.82) is 0 Å². The number of hydrogen-bond donors (Lipinski definition) is 3. The quantitative estimate of drug-likeness (QED) is 0.681. The van der Waals surface area contributed by atoms with Crippen LogP contribution in [-0.2, 0) is 0 Å². The zero-order valence-electron chi connectivity index (χ0n) is 13.9. The highest BCUT2D eigenvalue weighted by molar-refractivity contribution is 5.90. The molecule has 0 aliphatic heterocycles. The minimum absolute atomic E-state index is 0.287. The Labute approximate surface area is 145 Å². The lowest BCUT2D eigenvalue weighted by Crippen LogP contribution is -1.97. The fourth-order valence-corrected chi connectivity index (χ4v) is 2.31. The van der Waals surface area contributed by atoms with Gasteiger partial charge in [0.25, 0.3) is 0 Å². The van der Waals surface area contributed by atoms with Crippen molar-refractivity contribution in [3.05, 3.63) is 59.9 Å². The van der Waals surface area contributed by atoms with Crippen LogP contribution < -0.4 is 5.73 Å². The number of hydrogen-bond acceptors (Lipinski definition) is 4. The number of nitrogens with one attached hydrogen (secondary N) is 1. The van der Waals surface area contributed by atoms with Crippen molar-refractivity contribution in [3.8, 4) is 22.5 Å². The Morgan fingerprint density at radius 1 is 1.16 bits per heavy atom. The number of aromatic amines is 1. The summed E-state index contributed by atoms with van der Waals surface area (Å²) in [6.07, 6.45) is 3.99. The Morgan fingerprint density at radius 3 is 2.32 bits per heavy atom. The van der Waals surface area contributed by atoms with E-state index in [9.17, 15) is 4.79 Å². The number of nitrogens with zero attached hydrogens (tertiary/aromatic N) is 2. The smallest absolute Gasteiger partial charge is 0.335 e.